The van der Waals surface area contributed by atoms with E-state index in [1.807, 2.05) is 0 Å². The fourth-order valence-electron chi connectivity index (χ4n) is 3.00. The van der Waals surface area contributed by atoms with E-state index in [0.717, 1.165) is 32.4 Å². The van der Waals surface area contributed by atoms with Crippen LogP contribution in [0.25, 0.3) is 0 Å². The van der Waals surface area contributed by atoms with Gasteiger partial charge in [-0.1, -0.05) is 36.8 Å². The third-order valence-electron chi connectivity index (χ3n) is 4.54. The van der Waals surface area contributed by atoms with E-state index >= 15 is 0 Å². The van der Waals surface area contributed by atoms with Crippen LogP contribution in [0.4, 0.5) is 0 Å². The number of nitrogens with zero attached hydrogens (tertiary/aromatic N) is 1. The molecule has 1 saturated heterocycles. The molecule has 116 valence electrons. The van der Waals surface area contributed by atoms with Crippen molar-refractivity contribution in [1.29, 1.82) is 0 Å². The van der Waals surface area contributed by atoms with Crippen LogP contribution in [-0.4, -0.2) is 30.9 Å². The second-order valence-electron chi connectivity index (χ2n) is 6.39. The minimum atomic E-state index is 0.143. The number of aryl methyl sites for hydroxylation is 1. The molecule has 3 nitrogen and oxygen atoms in total. The molecular weight excluding hydrogens is 260 g/mol. The Bertz CT molecular complexity index is 447. The molecule has 1 aromatic carbocycles. The summed E-state index contributed by atoms with van der Waals surface area (Å²) in [5, 5.41) is 3.21. The van der Waals surface area contributed by atoms with E-state index in [4.69, 9.17) is 0 Å². The molecule has 0 aromatic heterocycles. The Balaban J connectivity index is 1.86. The van der Waals surface area contributed by atoms with Gasteiger partial charge in [-0.05, 0) is 57.8 Å². The molecule has 1 aliphatic heterocycles. The maximum Gasteiger partial charge on any atom is 0.220 e. The van der Waals surface area contributed by atoms with Gasteiger partial charge in [-0.15, -0.1) is 0 Å². The summed E-state index contributed by atoms with van der Waals surface area (Å²) in [6, 6.07) is 8.62. The van der Waals surface area contributed by atoms with Gasteiger partial charge in [-0.3, -0.25) is 4.79 Å². The zero-order valence-electron chi connectivity index (χ0n) is 13.6. The van der Waals surface area contributed by atoms with Gasteiger partial charge in [-0.2, -0.15) is 0 Å². The molecule has 3 heteroatoms. The standard InChI is InChI=1S/C18H28N2O/c1-4-17(16-7-5-14(2)6-8-16)19-18(21)13-15-9-11-20(3)12-10-15/h5-8,15,17H,4,9-13H2,1-3H3,(H,19,21)/t17-/m1/s1. The van der Waals surface area contributed by atoms with Crippen LogP contribution in [0.1, 0.15) is 49.8 Å². The molecule has 0 saturated carbocycles. The molecule has 2 rings (SSSR count). The van der Waals surface area contributed by atoms with Crippen LogP contribution < -0.4 is 5.32 Å². The summed E-state index contributed by atoms with van der Waals surface area (Å²) in [5.74, 6) is 0.758. The van der Waals surface area contributed by atoms with E-state index < -0.39 is 0 Å². The predicted octanol–water partition coefficient (Wildman–Crippen LogP) is 3.29. The Kier molecular flexibility index (Phi) is 5.80. The first kappa shape index (κ1) is 16.0. The van der Waals surface area contributed by atoms with E-state index in [-0.39, 0.29) is 11.9 Å². The highest BCUT2D eigenvalue weighted by Crippen LogP contribution is 2.21. The molecule has 0 radical (unpaired) electrons. The van der Waals surface area contributed by atoms with E-state index in [2.05, 4.69) is 55.4 Å². The van der Waals surface area contributed by atoms with E-state index in [1.54, 1.807) is 0 Å². The molecule has 1 heterocycles. The van der Waals surface area contributed by atoms with Gasteiger partial charge in [0, 0.05) is 6.42 Å². The Morgan fingerprint density at radius 1 is 1.29 bits per heavy atom. The Labute approximate surface area is 128 Å². The lowest BCUT2D eigenvalue weighted by Gasteiger charge is -2.29. The molecular formula is C18H28N2O. The minimum absolute atomic E-state index is 0.143. The zero-order chi connectivity index (χ0) is 15.2. The van der Waals surface area contributed by atoms with Crippen LogP contribution in [0, 0.1) is 12.8 Å². The summed E-state index contributed by atoms with van der Waals surface area (Å²) >= 11 is 0. The number of amides is 1. The molecule has 1 aliphatic rings. The van der Waals surface area contributed by atoms with Crippen molar-refractivity contribution in [2.24, 2.45) is 5.92 Å². The molecule has 1 N–H and O–H groups in total. The average Bonchev–Trinajstić information content (AvgIpc) is 2.48. The number of nitrogens with one attached hydrogen (secondary N) is 1. The van der Waals surface area contributed by atoms with Crippen LogP contribution in [0.2, 0.25) is 0 Å². The van der Waals surface area contributed by atoms with Crippen molar-refractivity contribution in [2.45, 2.75) is 45.6 Å². The smallest absolute Gasteiger partial charge is 0.220 e. The molecule has 0 spiro atoms. The predicted molar refractivity (Wildman–Crippen MR) is 87.2 cm³/mol. The molecule has 1 aromatic rings. The van der Waals surface area contributed by atoms with Crippen molar-refractivity contribution >= 4 is 5.91 Å². The average molecular weight is 288 g/mol. The van der Waals surface area contributed by atoms with Gasteiger partial charge >= 0.3 is 0 Å². The number of hydrogen-bond acceptors (Lipinski definition) is 2. The number of rotatable bonds is 5. The molecule has 21 heavy (non-hydrogen) atoms. The van der Waals surface area contributed by atoms with Gasteiger partial charge in [0.05, 0.1) is 6.04 Å². The quantitative estimate of drug-likeness (QED) is 0.901. The van der Waals surface area contributed by atoms with Gasteiger partial charge in [0.15, 0.2) is 0 Å². The summed E-state index contributed by atoms with van der Waals surface area (Å²) in [6.07, 6.45) is 3.90. The van der Waals surface area contributed by atoms with Crippen molar-refractivity contribution in [3.63, 3.8) is 0 Å². The lowest BCUT2D eigenvalue weighted by Crippen LogP contribution is -2.34. The van der Waals surface area contributed by atoms with Crippen molar-refractivity contribution in [3.8, 4) is 0 Å². The molecule has 0 aliphatic carbocycles. The van der Waals surface area contributed by atoms with Crippen LogP contribution in [0.15, 0.2) is 24.3 Å². The van der Waals surface area contributed by atoms with E-state index in [1.165, 1.54) is 11.1 Å². The van der Waals surface area contributed by atoms with Crippen molar-refractivity contribution in [3.05, 3.63) is 35.4 Å². The lowest BCUT2D eigenvalue weighted by molar-refractivity contribution is -0.123. The van der Waals surface area contributed by atoms with E-state index in [0.29, 0.717) is 12.3 Å². The summed E-state index contributed by atoms with van der Waals surface area (Å²) in [6.45, 7) is 6.45. The number of benzene rings is 1. The normalized spacial score (nSPS) is 18.4. The molecule has 1 fully saturated rings. The fourth-order valence-corrected chi connectivity index (χ4v) is 3.00. The highest BCUT2D eigenvalue weighted by atomic mass is 16.1. The number of carbonyl (C=O) groups is 1. The first-order chi connectivity index (χ1) is 10.1. The monoisotopic (exact) mass is 288 g/mol. The number of likely N-dealkylation sites (tertiary alicyclic amines) is 1. The van der Waals surface area contributed by atoms with Crippen molar-refractivity contribution < 1.29 is 4.79 Å². The van der Waals surface area contributed by atoms with Gasteiger partial charge in [-0.25, -0.2) is 0 Å². The summed E-state index contributed by atoms with van der Waals surface area (Å²) < 4.78 is 0. The van der Waals surface area contributed by atoms with Crippen molar-refractivity contribution in [2.75, 3.05) is 20.1 Å². The fraction of sp³-hybridized carbons (Fsp3) is 0.611. The van der Waals surface area contributed by atoms with Gasteiger partial charge in [0.25, 0.3) is 0 Å². The first-order valence-electron chi connectivity index (χ1n) is 8.13. The van der Waals surface area contributed by atoms with Crippen LogP contribution in [-0.2, 0) is 4.79 Å². The zero-order valence-corrected chi connectivity index (χ0v) is 13.6. The SMILES string of the molecule is CC[C@@H](NC(=O)CC1CCN(C)CC1)c1ccc(C)cc1. The highest BCUT2D eigenvalue weighted by Gasteiger charge is 2.21. The number of hydrogen-bond donors (Lipinski definition) is 1. The minimum Gasteiger partial charge on any atom is -0.349 e. The van der Waals surface area contributed by atoms with Gasteiger partial charge in [0.1, 0.15) is 0 Å². The Morgan fingerprint density at radius 2 is 1.90 bits per heavy atom. The third kappa shape index (κ3) is 4.85. The van der Waals surface area contributed by atoms with Crippen molar-refractivity contribution in [1.82, 2.24) is 10.2 Å². The molecule has 0 bridgehead atoms. The van der Waals surface area contributed by atoms with E-state index in [9.17, 15) is 4.79 Å². The van der Waals surface area contributed by atoms with Gasteiger partial charge < -0.3 is 10.2 Å². The number of carbonyl (C=O) groups excluding carboxylic acids is 1. The Morgan fingerprint density at radius 3 is 2.48 bits per heavy atom. The molecule has 1 amide bonds. The van der Waals surface area contributed by atoms with Crippen LogP contribution in [0.5, 0.6) is 0 Å². The highest BCUT2D eigenvalue weighted by molar-refractivity contribution is 5.76. The largest absolute Gasteiger partial charge is 0.349 e. The summed E-state index contributed by atoms with van der Waals surface area (Å²) in [4.78, 5) is 14.6. The summed E-state index contributed by atoms with van der Waals surface area (Å²) in [7, 11) is 2.15. The molecule has 1 atom stereocenters. The first-order valence-corrected chi connectivity index (χ1v) is 8.13. The summed E-state index contributed by atoms with van der Waals surface area (Å²) in [5.41, 5.74) is 2.46. The second-order valence-corrected chi connectivity index (χ2v) is 6.39. The second kappa shape index (κ2) is 7.60. The lowest BCUT2D eigenvalue weighted by atomic mass is 9.93. The topological polar surface area (TPSA) is 32.3 Å². The number of piperidine rings is 1. The van der Waals surface area contributed by atoms with Crippen LogP contribution >= 0.6 is 0 Å². The van der Waals surface area contributed by atoms with Crippen LogP contribution in [0.3, 0.4) is 0 Å². The van der Waals surface area contributed by atoms with Gasteiger partial charge in [0.2, 0.25) is 5.91 Å². The maximum atomic E-state index is 12.3. The molecule has 0 unspecified atom stereocenters. The maximum absolute atomic E-state index is 12.3. The Hall–Kier alpha value is -1.35. The third-order valence-corrected chi connectivity index (χ3v) is 4.54.